The monoisotopic (exact) mass is 646 g/mol. The van der Waals surface area contributed by atoms with Gasteiger partial charge in [-0.15, -0.1) is 18.0 Å². The number of benzene rings is 4. The summed E-state index contributed by atoms with van der Waals surface area (Å²) in [4.78, 5) is 4.33. The Bertz CT molecular complexity index is 1290. The van der Waals surface area contributed by atoms with Gasteiger partial charge in [-0.3, -0.25) is 4.98 Å². The SMILES string of the molecule is C.C.C=C([N-]c1c(C(C)C)cccc1C(C)C)c1ccccn1.[Zr+2].[c-]1ccccc1.c1ccc(Cc2ccccc2)cc1. The topological polar surface area (TPSA) is 27.0 Å². The molecule has 43 heavy (non-hydrogen) atoms. The Morgan fingerprint density at radius 3 is 1.49 bits per heavy atom. The summed E-state index contributed by atoms with van der Waals surface area (Å²) in [5.74, 6) is 0.859. The normalized spacial score (nSPS) is 9.44. The predicted octanol–water partition coefficient (Wildman–Crippen LogP) is 12.0. The number of hydrogen-bond acceptors (Lipinski definition) is 1. The number of aromatic nitrogens is 1. The fraction of sp³-hybridized carbons (Fsp3) is 0.225. The molecular weight excluding hydrogens is 600 g/mol. The molecule has 0 aliphatic carbocycles. The maximum absolute atomic E-state index is 4.81. The molecule has 0 unspecified atom stereocenters. The molecule has 0 N–H and O–H groups in total. The Morgan fingerprint density at radius 2 is 1.12 bits per heavy atom. The van der Waals surface area contributed by atoms with Gasteiger partial charge in [0.2, 0.25) is 0 Å². The van der Waals surface area contributed by atoms with E-state index < -0.39 is 0 Å². The molecule has 3 heteroatoms. The number of nitrogens with zero attached hydrogens (tertiary/aromatic N) is 2. The van der Waals surface area contributed by atoms with E-state index >= 15 is 0 Å². The van der Waals surface area contributed by atoms with Crippen molar-refractivity contribution in [1.82, 2.24) is 4.98 Å². The molecule has 0 bridgehead atoms. The van der Waals surface area contributed by atoms with Crippen molar-refractivity contribution < 1.29 is 26.2 Å². The quantitative estimate of drug-likeness (QED) is 0.161. The molecular formula is C40H48N2Zr. The molecule has 2 nitrogen and oxygen atoms in total. The van der Waals surface area contributed by atoms with Crippen molar-refractivity contribution in [3.8, 4) is 0 Å². The average molecular weight is 648 g/mol. The van der Waals surface area contributed by atoms with E-state index in [0.717, 1.165) is 17.8 Å². The van der Waals surface area contributed by atoms with Gasteiger partial charge in [0, 0.05) is 11.9 Å². The first-order chi connectivity index (χ1) is 19.5. The van der Waals surface area contributed by atoms with Gasteiger partial charge in [0.15, 0.2) is 0 Å². The van der Waals surface area contributed by atoms with Crippen molar-refractivity contribution in [1.29, 1.82) is 0 Å². The van der Waals surface area contributed by atoms with Gasteiger partial charge in [-0.1, -0.05) is 139 Å². The van der Waals surface area contributed by atoms with Crippen LogP contribution in [-0.4, -0.2) is 4.98 Å². The van der Waals surface area contributed by atoms with E-state index in [9.17, 15) is 0 Å². The van der Waals surface area contributed by atoms with Crippen LogP contribution in [0.3, 0.4) is 0 Å². The molecule has 0 radical (unpaired) electrons. The van der Waals surface area contributed by atoms with Crippen molar-refractivity contribution in [2.24, 2.45) is 0 Å². The smallest absolute Gasteiger partial charge is 0.656 e. The summed E-state index contributed by atoms with van der Waals surface area (Å²) >= 11 is 0. The molecule has 1 heterocycles. The van der Waals surface area contributed by atoms with Gasteiger partial charge in [0.1, 0.15) is 0 Å². The summed E-state index contributed by atoms with van der Waals surface area (Å²) in [5, 5.41) is 4.81. The Kier molecular flexibility index (Phi) is 20.2. The summed E-state index contributed by atoms with van der Waals surface area (Å²) in [5.41, 5.74) is 7.86. The van der Waals surface area contributed by atoms with Crippen LogP contribution in [0.4, 0.5) is 5.69 Å². The molecule has 0 saturated carbocycles. The number of para-hydroxylation sites is 1. The zero-order valence-electron chi connectivity index (χ0n) is 24.7. The molecule has 5 rings (SSSR count). The van der Waals surface area contributed by atoms with Gasteiger partial charge < -0.3 is 5.32 Å². The molecule has 0 atom stereocenters. The van der Waals surface area contributed by atoms with E-state index in [4.69, 9.17) is 5.32 Å². The van der Waals surface area contributed by atoms with Crippen LogP contribution in [0.1, 0.15) is 82.3 Å². The molecule has 0 amide bonds. The molecule has 1 aromatic heterocycles. The molecule has 5 aromatic rings. The van der Waals surface area contributed by atoms with Crippen LogP contribution in [0.15, 0.2) is 140 Å². The molecule has 0 spiro atoms. The van der Waals surface area contributed by atoms with Crippen molar-refractivity contribution in [3.63, 3.8) is 0 Å². The number of pyridine rings is 1. The zero-order valence-corrected chi connectivity index (χ0v) is 27.1. The third-order valence-corrected chi connectivity index (χ3v) is 6.25. The van der Waals surface area contributed by atoms with E-state index in [-0.39, 0.29) is 41.1 Å². The van der Waals surface area contributed by atoms with E-state index in [2.05, 4.69) is 124 Å². The number of rotatable bonds is 7. The van der Waals surface area contributed by atoms with Crippen LogP contribution in [0, 0.1) is 6.07 Å². The predicted molar refractivity (Wildman–Crippen MR) is 185 cm³/mol. The minimum Gasteiger partial charge on any atom is -0.656 e. The van der Waals surface area contributed by atoms with Gasteiger partial charge in [0.25, 0.3) is 0 Å². The minimum atomic E-state index is 0. The Morgan fingerprint density at radius 1 is 0.651 bits per heavy atom. The van der Waals surface area contributed by atoms with Gasteiger partial charge >= 0.3 is 26.2 Å². The second kappa shape index (κ2) is 22.1. The standard InChI is InChI=1S/C19H23N2.C13H12.C6H5.2CH4.Zr/c1-13(2)16-9-8-10-17(14(3)4)19(16)21-15(5)18-11-6-7-12-20-18;1-3-7-12(8-4-1)11-13-9-5-2-6-10-13;1-2-4-6-5-3-1;;;/h6-14H,5H2,1-4H3;1-10H,11H2;1-5H;2*1H4;/q-1;;-1;;;+2. The summed E-state index contributed by atoms with van der Waals surface area (Å²) in [6, 6.07) is 45.8. The van der Waals surface area contributed by atoms with Crippen LogP contribution >= 0.6 is 0 Å². The van der Waals surface area contributed by atoms with Crippen molar-refractivity contribution in [2.75, 3.05) is 0 Å². The molecule has 0 fully saturated rings. The van der Waals surface area contributed by atoms with Gasteiger partial charge in [0.05, 0.1) is 0 Å². The Balaban J connectivity index is 0.000000684. The third-order valence-electron chi connectivity index (χ3n) is 6.25. The molecule has 4 aromatic carbocycles. The number of hydrogen-bond donors (Lipinski definition) is 0. The van der Waals surface area contributed by atoms with Crippen LogP contribution in [-0.2, 0) is 32.6 Å². The fourth-order valence-electron chi connectivity index (χ4n) is 4.14. The first kappa shape index (κ1) is 39.5. The van der Waals surface area contributed by atoms with E-state index in [1.165, 1.54) is 22.3 Å². The first-order valence-electron chi connectivity index (χ1n) is 13.9. The van der Waals surface area contributed by atoms with E-state index in [1.54, 1.807) is 6.20 Å². The minimum absolute atomic E-state index is 0. The largest absolute Gasteiger partial charge is 2.00 e. The molecule has 222 valence electrons. The second-order valence-corrected chi connectivity index (χ2v) is 10.1. The van der Waals surface area contributed by atoms with Gasteiger partial charge in [-0.25, -0.2) is 0 Å². The summed E-state index contributed by atoms with van der Waals surface area (Å²) in [7, 11) is 0. The van der Waals surface area contributed by atoms with E-state index in [0.29, 0.717) is 17.5 Å². The van der Waals surface area contributed by atoms with Crippen LogP contribution in [0.2, 0.25) is 0 Å². The molecule has 0 saturated heterocycles. The third kappa shape index (κ3) is 14.0. The van der Waals surface area contributed by atoms with Crippen LogP contribution in [0.25, 0.3) is 11.0 Å². The summed E-state index contributed by atoms with van der Waals surface area (Å²) in [6.45, 7) is 12.9. The Labute approximate surface area is 281 Å². The second-order valence-electron chi connectivity index (χ2n) is 10.1. The van der Waals surface area contributed by atoms with Gasteiger partial charge in [-0.05, 0) is 41.5 Å². The van der Waals surface area contributed by atoms with Crippen molar-refractivity contribution >= 4 is 11.4 Å². The van der Waals surface area contributed by atoms with Crippen molar-refractivity contribution in [3.05, 3.63) is 180 Å². The first-order valence-corrected chi connectivity index (χ1v) is 13.9. The molecule has 0 aliphatic heterocycles. The summed E-state index contributed by atoms with van der Waals surface area (Å²) in [6.07, 6.45) is 2.80. The van der Waals surface area contributed by atoms with Crippen LogP contribution < -0.4 is 0 Å². The average Bonchev–Trinajstić information content (AvgIpc) is 3.00. The maximum Gasteiger partial charge on any atom is 2.00 e. The van der Waals surface area contributed by atoms with Crippen LogP contribution in [0.5, 0.6) is 0 Å². The Hall–Kier alpha value is -3.55. The summed E-state index contributed by atoms with van der Waals surface area (Å²) < 4.78 is 0. The zero-order chi connectivity index (χ0) is 28.6. The maximum atomic E-state index is 4.81. The fourth-order valence-corrected chi connectivity index (χ4v) is 4.14. The molecule has 0 aliphatic rings. The van der Waals surface area contributed by atoms with Crippen molar-refractivity contribution in [2.45, 2.75) is 60.8 Å². The van der Waals surface area contributed by atoms with E-state index in [1.807, 2.05) is 48.5 Å². The van der Waals surface area contributed by atoms with Gasteiger partial charge in [-0.2, -0.15) is 36.4 Å².